The van der Waals surface area contributed by atoms with Gasteiger partial charge in [-0.3, -0.25) is 4.79 Å². The summed E-state index contributed by atoms with van der Waals surface area (Å²) in [5, 5.41) is 0. The van der Waals surface area contributed by atoms with Gasteiger partial charge in [0.15, 0.2) is 0 Å². The van der Waals surface area contributed by atoms with Crippen LogP contribution in [0.2, 0.25) is 0 Å². The Morgan fingerprint density at radius 1 is 1.70 bits per heavy atom. The molecule has 0 fully saturated rings. The molecule has 0 N–H and O–H groups in total. The Labute approximate surface area is 61.4 Å². The second-order valence-electron chi connectivity index (χ2n) is 2.84. The molecule has 0 spiro atoms. The summed E-state index contributed by atoms with van der Waals surface area (Å²) in [6.45, 7) is 4.10. The Morgan fingerprint density at radius 3 is 2.90 bits per heavy atom. The SMILES string of the molecule is CC1=CC[C@H](C)C=C1C=O. The first kappa shape index (κ1) is 7.26. The molecule has 1 nitrogen and oxygen atoms in total. The number of rotatable bonds is 1. The Balaban J connectivity index is 2.83. The number of aldehydes is 1. The lowest BCUT2D eigenvalue weighted by Gasteiger charge is -2.11. The molecule has 1 aliphatic rings. The second kappa shape index (κ2) is 2.82. The standard InChI is InChI=1S/C9H12O/c1-7-3-4-8(2)9(5-7)6-10/h4-7H,3H2,1-2H3/t7-/m0/s1. The van der Waals surface area contributed by atoms with Crippen LogP contribution >= 0.6 is 0 Å². The fourth-order valence-electron chi connectivity index (χ4n) is 1.12. The lowest BCUT2D eigenvalue weighted by molar-refractivity contribution is -0.104. The fourth-order valence-corrected chi connectivity index (χ4v) is 1.12. The van der Waals surface area contributed by atoms with Crippen LogP contribution in [0.3, 0.4) is 0 Å². The monoisotopic (exact) mass is 136 g/mol. The van der Waals surface area contributed by atoms with Crippen molar-refractivity contribution in [1.82, 2.24) is 0 Å². The third-order valence-electron chi connectivity index (χ3n) is 1.84. The zero-order valence-corrected chi connectivity index (χ0v) is 6.42. The maximum Gasteiger partial charge on any atom is 0.149 e. The van der Waals surface area contributed by atoms with E-state index in [9.17, 15) is 4.79 Å². The second-order valence-corrected chi connectivity index (χ2v) is 2.84. The van der Waals surface area contributed by atoms with Gasteiger partial charge in [0.05, 0.1) is 0 Å². The molecule has 0 amide bonds. The minimum atomic E-state index is 0.531. The molecule has 1 atom stereocenters. The smallest absolute Gasteiger partial charge is 0.149 e. The molecule has 0 aromatic rings. The van der Waals surface area contributed by atoms with Gasteiger partial charge in [0.25, 0.3) is 0 Å². The summed E-state index contributed by atoms with van der Waals surface area (Å²) in [6.07, 6.45) is 6.15. The average molecular weight is 136 g/mol. The van der Waals surface area contributed by atoms with E-state index in [1.54, 1.807) is 0 Å². The van der Waals surface area contributed by atoms with E-state index < -0.39 is 0 Å². The van der Waals surface area contributed by atoms with E-state index >= 15 is 0 Å². The van der Waals surface area contributed by atoms with Crippen LogP contribution in [0.5, 0.6) is 0 Å². The molecule has 0 saturated heterocycles. The number of hydrogen-bond acceptors (Lipinski definition) is 1. The molecule has 0 bridgehead atoms. The predicted molar refractivity (Wildman–Crippen MR) is 41.7 cm³/mol. The molecule has 0 aromatic carbocycles. The molecule has 1 heteroatoms. The van der Waals surface area contributed by atoms with Gasteiger partial charge in [-0.2, -0.15) is 0 Å². The molecule has 1 aliphatic carbocycles. The quantitative estimate of drug-likeness (QED) is 0.504. The highest BCUT2D eigenvalue weighted by Crippen LogP contribution is 2.20. The highest BCUT2D eigenvalue weighted by atomic mass is 16.1. The van der Waals surface area contributed by atoms with E-state index in [-0.39, 0.29) is 0 Å². The van der Waals surface area contributed by atoms with Crippen LogP contribution in [-0.4, -0.2) is 6.29 Å². The number of carbonyl (C=O) groups excluding carboxylic acids is 1. The van der Waals surface area contributed by atoms with E-state index in [0.29, 0.717) is 5.92 Å². The molecule has 0 heterocycles. The largest absolute Gasteiger partial charge is 0.298 e. The number of carbonyl (C=O) groups is 1. The first-order chi connectivity index (χ1) is 4.74. The summed E-state index contributed by atoms with van der Waals surface area (Å²) < 4.78 is 0. The van der Waals surface area contributed by atoms with Crippen LogP contribution in [0, 0.1) is 5.92 Å². The lowest BCUT2D eigenvalue weighted by atomic mass is 9.93. The minimum absolute atomic E-state index is 0.531. The van der Waals surface area contributed by atoms with Gasteiger partial charge < -0.3 is 0 Å². The molecule has 0 unspecified atom stereocenters. The van der Waals surface area contributed by atoms with E-state index in [0.717, 1.165) is 23.9 Å². The van der Waals surface area contributed by atoms with Crippen LogP contribution < -0.4 is 0 Å². The molecule has 10 heavy (non-hydrogen) atoms. The molecule has 1 rings (SSSR count). The zero-order valence-electron chi connectivity index (χ0n) is 6.42. The predicted octanol–water partition coefficient (Wildman–Crippen LogP) is 2.10. The van der Waals surface area contributed by atoms with Crippen molar-refractivity contribution >= 4 is 6.29 Å². The Kier molecular flexibility index (Phi) is 2.05. The third-order valence-corrected chi connectivity index (χ3v) is 1.84. The summed E-state index contributed by atoms with van der Waals surface area (Å²) in [7, 11) is 0. The van der Waals surface area contributed by atoms with Gasteiger partial charge in [-0.15, -0.1) is 0 Å². The van der Waals surface area contributed by atoms with Crippen molar-refractivity contribution < 1.29 is 4.79 Å². The van der Waals surface area contributed by atoms with Gasteiger partial charge in [0.1, 0.15) is 6.29 Å². The van der Waals surface area contributed by atoms with E-state index in [2.05, 4.69) is 13.0 Å². The molecule has 0 saturated carbocycles. The van der Waals surface area contributed by atoms with Crippen LogP contribution in [0.25, 0.3) is 0 Å². The summed E-state index contributed by atoms with van der Waals surface area (Å²) in [5.41, 5.74) is 1.98. The molecule has 0 radical (unpaired) electrons. The van der Waals surface area contributed by atoms with Crippen LogP contribution in [-0.2, 0) is 4.79 Å². The maximum atomic E-state index is 10.4. The summed E-state index contributed by atoms with van der Waals surface area (Å²) in [5.74, 6) is 0.531. The van der Waals surface area contributed by atoms with E-state index in [1.807, 2.05) is 13.0 Å². The molecular weight excluding hydrogens is 124 g/mol. The maximum absolute atomic E-state index is 10.4. The third kappa shape index (κ3) is 1.35. The van der Waals surface area contributed by atoms with Crippen LogP contribution in [0.1, 0.15) is 20.3 Å². The minimum Gasteiger partial charge on any atom is -0.298 e. The summed E-state index contributed by atoms with van der Waals surface area (Å²) in [4.78, 5) is 10.4. The van der Waals surface area contributed by atoms with Gasteiger partial charge in [-0.25, -0.2) is 0 Å². The lowest BCUT2D eigenvalue weighted by Crippen LogP contribution is -1.99. The molecular formula is C9H12O. The topological polar surface area (TPSA) is 17.1 Å². The van der Waals surface area contributed by atoms with Crippen molar-refractivity contribution in [2.24, 2.45) is 5.92 Å². The van der Waals surface area contributed by atoms with Crippen molar-refractivity contribution in [3.8, 4) is 0 Å². The Morgan fingerprint density at radius 2 is 2.40 bits per heavy atom. The first-order valence-electron chi connectivity index (χ1n) is 3.58. The van der Waals surface area contributed by atoms with Gasteiger partial charge >= 0.3 is 0 Å². The average Bonchev–Trinajstić information content (AvgIpc) is 1.94. The van der Waals surface area contributed by atoms with Gasteiger partial charge in [0.2, 0.25) is 0 Å². The van der Waals surface area contributed by atoms with E-state index in [4.69, 9.17) is 0 Å². The first-order valence-corrected chi connectivity index (χ1v) is 3.58. The Hall–Kier alpha value is -0.850. The number of hydrogen-bond donors (Lipinski definition) is 0. The summed E-state index contributed by atoms with van der Waals surface area (Å²) in [6, 6.07) is 0. The van der Waals surface area contributed by atoms with Gasteiger partial charge in [-0.05, 0) is 24.8 Å². The summed E-state index contributed by atoms with van der Waals surface area (Å²) >= 11 is 0. The Bertz CT molecular complexity index is 199. The van der Waals surface area contributed by atoms with Crippen molar-refractivity contribution in [3.63, 3.8) is 0 Å². The molecule has 54 valence electrons. The van der Waals surface area contributed by atoms with Crippen molar-refractivity contribution in [1.29, 1.82) is 0 Å². The van der Waals surface area contributed by atoms with Crippen LogP contribution in [0.15, 0.2) is 23.3 Å². The van der Waals surface area contributed by atoms with E-state index in [1.165, 1.54) is 0 Å². The van der Waals surface area contributed by atoms with Crippen molar-refractivity contribution in [2.75, 3.05) is 0 Å². The number of allylic oxidation sites excluding steroid dienone is 4. The van der Waals surface area contributed by atoms with Gasteiger partial charge in [0, 0.05) is 5.57 Å². The normalized spacial score (nSPS) is 25.2. The zero-order chi connectivity index (χ0) is 7.56. The van der Waals surface area contributed by atoms with Crippen molar-refractivity contribution in [2.45, 2.75) is 20.3 Å². The van der Waals surface area contributed by atoms with Crippen molar-refractivity contribution in [3.05, 3.63) is 23.3 Å². The highest BCUT2D eigenvalue weighted by molar-refractivity contribution is 5.80. The van der Waals surface area contributed by atoms with Crippen LogP contribution in [0.4, 0.5) is 0 Å². The van der Waals surface area contributed by atoms with Gasteiger partial charge in [-0.1, -0.05) is 19.1 Å². The molecule has 0 aliphatic heterocycles. The fraction of sp³-hybridized carbons (Fsp3) is 0.444. The highest BCUT2D eigenvalue weighted by Gasteiger charge is 2.07. The molecule has 0 aromatic heterocycles.